The molecule has 0 bridgehead atoms. The van der Waals surface area contributed by atoms with Gasteiger partial charge in [0.1, 0.15) is 0 Å². The molecule has 0 aromatic heterocycles. The Hall–Kier alpha value is 0.680. The zero-order valence-corrected chi connectivity index (χ0v) is 10.9. The molecule has 14 heavy (non-hydrogen) atoms. The highest BCUT2D eigenvalue weighted by Crippen LogP contribution is 1.99. The normalized spacial score (nSPS) is 7.86. The standard InChI is InChI=1S/2C2H2Cl2O2.2ClH/c2*3-1(4)2(5)6;;/h2*1H,(H,5,6);2*1H. The molecular formula is C4H6Cl6O4. The minimum absolute atomic E-state index is 0. The fourth-order valence-electron chi connectivity index (χ4n) is 0. The van der Waals surface area contributed by atoms with Crippen molar-refractivity contribution in [2.75, 3.05) is 0 Å². The number of hydrogen-bond acceptors (Lipinski definition) is 2. The Kier molecular flexibility index (Phi) is 23.5. The van der Waals surface area contributed by atoms with Gasteiger partial charge in [-0.25, -0.2) is 9.59 Å². The molecule has 0 saturated heterocycles. The largest absolute Gasteiger partial charge is 0.479 e. The monoisotopic (exact) mass is 328 g/mol. The summed E-state index contributed by atoms with van der Waals surface area (Å²) < 4.78 is 0. The summed E-state index contributed by atoms with van der Waals surface area (Å²) in [5.41, 5.74) is 0. The first-order chi connectivity index (χ1) is 5.29. The minimum atomic E-state index is -1.29. The Balaban J connectivity index is -0.0000000625. The number of carbonyl (C=O) groups is 2. The fourth-order valence-corrected chi connectivity index (χ4v) is 0. The van der Waals surface area contributed by atoms with Crippen LogP contribution in [0.2, 0.25) is 0 Å². The molecule has 0 aromatic rings. The summed E-state index contributed by atoms with van der Waals surface area (Å²) in [6, 6.07) is 0. The van der Waals surface area contributed by atoms with Crippen molar-refractivity contribution in [1.29, 1.82) is 0 Å². The molecule has 0 heterocycles. The highest BCUT2D eigenvalue weighted by molar-refractivity contribution is 6.53. The van der Waals surface area contributed by atoms with Gasteiger partial charge in [0.25, 0.3) is 0 Å². The van der Waals surface area contributed by atoms with Crippen LogP contribution in [0.3, 0.4) is 0 Å². The number of rotatable bonds is 2. The van der Waals surface area contributed by atoms with Gasteiger partial charge in [-0.3, -0.25) is 0 Å². The van der Waals surface area contributed by atoms with Crippen molar-refractivity contribution in [3.8, 4) is 0 Å². The van der Waals surface area contributed by atoms with Gasteiger partial charge in [-0.2, -0.15) is 0 Å². The van der Waals surface area contributed by atoms with Crippen molar-refractivity contribution in [3.05, 3.63) is 0 Å². The average Bonchev–Trinajstić information content (AvgIpc) is 1.88. The minimum Gasteiger partial charge on any atom is -0.479 e. The fraction of sp³-hybridized carbons (Fsp3) is 0.500. The Morgan fingerprint density at radius 2 is 0.857 bits per heavy atom. The molecule has 0 atom stereocenters. The van der Waals surface area contributed by atoms with Crippen LogP contribution in [0, 0.1) is 0 Å². The van der Waals surface area contributed by atoms with Gasteiger partial charge in [-0.15, -0.1) is 24.8 Å². The molecule has 0 fully saturated rings. The van der Waals surface area contributed by atoms with Crippen LogP contribution in [0.4, 0.5) is 0 Å². The van der Waals surface area contributed by atoms with Crippen LogP contribution in [0.5, 0.6) is 0 Å². The molecule has 0 rings (SSSR count). The van der Waals surface area contributed by atoms with E-state index < -0.39 is 21.6 Å². The highest BCUT2D eigenvalue weighted by atomic mass is 35.5. The summed E-state index contributed by atoms with van der Waals surface area (Å²) >= 11 is 19.1. The van der Waals surface area contributed by atoms with Crippen LogP contribution in [-0.2, 0) is 9.59 Å². The van der Waals surface area contributed by atoms with Gasteiger partial charge in [-0.1, -0.05) is 46.4 Å². The van der Waals surface area contributed by atoms with E-state index in [0.717, 1.165) is 0 Å². The van der Waals surface area contributed by atoms with E-state index >= 15 is 0 Å². The Labute approximate surface area is 112 Å². The first-order valence-corrected chi connectivity index (χ1v) is 4.05. The van der Waals surface area contributed by atoms with Crippen LogP contribution in [0.15, 0.2) is 0 Å². The van der Waals surface area contributed by atoms with E-state index in [4.69, 9.17) is 56.6 Å². The SMILES string of the molecule is Cl.Cl.O=C(O)C(Cl)Cl.O=C(O)C(Cl)Cl. The lowest BCUT2D eigenvalue weighted by atomic mass is 10.8. The number of aliphatic carboxylic acids is 2. The molecule has 10 heteroatoms. The van der Waals surface area contributed by atoms with E-state index in [1.165, 1.54) is 0 Å². The second kappa shape index (κ2) is 13.7. The third-order valence-corrected chi connectivity index (χ3v) is 1.12. The molecule has 0 amide bonds. The van der Waals surface area contributed by atoms with Gasteiger partial charge in [0, 0.05) is 0 Å². The average molecular weight is 331 g/mol. The predicted molar refractivity (Wildman–Crippen MR) is 60.8 cm³/mol. The van der Waals surface area contributed by atoms with E-state index in [2.05, 4.69) is 0 Å². The summed E-state index contributed by atoms with van der Waals surface area (Å²) in [5.74, 6) is -2.42. The molecule has 0 unspecified atom stereocenters. The van der Waals surface area contributed by atoms with Crippen molar-refractivity contribution in [1.82, 2.24) is 0 Å². The molecule has 0 aliphatic carbocycles. The van der Waals surface area contributed by atoms with Crippen molar-refractivity contribution in [2.45, 2.75) is 9.67 Å². The van der Waals surface area contributed by atoms with Gasteiger partial charge < -0.3 is 10.2 Å². The summed E-state index contributed by atoms with van der Waals surface area (Å²) in [6.07, 6.45) is 0. The molecule has 4 nitrogen and oxygen atoms in total. The first kappa shape index (κ1) is 24.1. The number of alkyl halides is 4. The van der Waals surface area contributed by atoms with E-state index in [9.17, 15) is 9.59 Å². The van der Waals surface area contributed by atoms with Crippen LogP contribution >= 0.6 is 71.2 Å². The maximum absolute atomic E-state index is 9.44. The summed E-state index contributed by atoms with van der Waals surface area (Å²) in [4.78, 5) is 16.3. The zero-order chi connectivity index (χ0) is 10.3. The molecule has 0 radical (unpaired) electrons. The van der Waals surface area contributed by atoms with Crippen molar-refractivity contribution < 1.29 is 19.8 Å². The summed E-state index contributed by atoms with van der Waals surface area (Å²) in [7, 11) is 0. The number of halogens is 6. The van der Waals surface area contributed by atoms with E-state index in [-0.39, 0.29) is 24.8 Å². The van der Waals surface area contributed by atoms with Gasteiger partial charge in [0.2, 0.25) is 9.67 Å². The van der Waals surface area contributed by atoms with E-state index in [1.54, 1.807) is 0 Å². The molecule has 0 aliphatic heterocycles. The van der Waals surface area contributed by atoms with E-state index in [0.29, 0.717) is 0 Å². The van der Waals surface area contributed by atoms with Gasteiger partial charge >= 0.3 is 11.9 Å². The lowest BCUT2D eigenvalue weighted by molar-refractivity contribution is -0.136. The van der Waals surface area contributed by atoms with Gasteiger partial charge in [0.15, 0.2) is 0 Å². The molecule has 0 spiro atoms. The highest BCUT2D eigenvalue weighted by Gasteiger charge is 2.06. The maximum Gasteiger partial charge on any atom is 0.337 e. The Morgan fingerprint density at radius 1 is 0.786 bits per heavy atom. The van der Waals surface area contributed by atoms with Gasteiger partial charge in [0.05, 0.1) is 0 Å². The second-order valence-corrected chi connectivity index (χ2v) is 3.47. The zero-order valence-electron chi connectivity index (χ0n) is 6.19. The smallest absolute Gasteiger partial charge is 0.337 e. The lowest BCUT2D eigenvalue weighted by Gasteiger charge is -1.84. The topological polar surface area (TPSA) is 74.6 Å². The lowest BCUT2D eigenvalue weighted by Crippen LogP contribution is -2.03. The number of carboxylic acid groups (broad SMARTS) is 2. The predicted octanol–water partition coefficient (Wildman–Crippen LogP) is 2.59. The molecule has 88 valence electrons. The maximum atomic E-state index is 9.44. The van der Waals surface area contributed by atoms with Crippen LogP contribution in [0.25, 0.3) is 0 Å². The Morgan fingerprint density at radius 3 is 0.857 bits per heavy atom. The van der Waals surface area contributed by atoms with Crippen LogP contribution in [0.1, 0.15) is 0 Å². The van der Waals surface area contributed by atoms with Gasteiger partial charge in [-0.05, 0) is 0 Å². The Bertz CT molecular complexity index is 142. The number of hydrogen-bond donors (Lipinski definition) is 2. The van der Waals surface area contributed by atoms with Crippen molar-refractivity contribution in [2.24, 2.45) is 0 Å². The van der Waals surface area contributed by atoms with Crippen molar-refractivity contribution >= 4 is 83.2 Å². The quantitative estimate of drug-likeness (QED) is 0.763. The third kappa shape index (κ3) is 23.0. The van der Waals surface area contributed by atoms with Crippen LogP contribution in [-0.4, -0.2) is 31.8 Å². The molecule has 0 aliphatic rings. The van der Waals surface area contributed by atoms with E-state index in [1.807, 2.05) is 0 Å². The molecule has 2 N–H and O–H groups in total. The first-order valence-electron chi connectivity index (χ1n) is 2.31. The molecule has 0 saturated carbocycles. The summed E-state index contributed by atoms with van der Waals surface area (Å²) in [5, 5.41) is 15.5. The third-order valence-electron chi connectivity index (χ3n) is 0.373. The van der Waals surface area contributed by atoms with Crippen LogP contribution < -0.4 is 0 Å². The van der Waals surface area contributed by atoms with Crippen molar-refractivity contribution in [3.63, 3.8) is 0 Å². The second-order valence-electron chi connectivity index (χ2n) is 1.28. The summed E-state index contributed by atoms with van der Waals surface area (Å²) in [6.45, 7) is 0. The molecule has 0 aromatic carbocycles. The molecular weight excluding hydrogens is 325 g/mol. The number of carboxylic acids is 2.